The average molecular weight is 405 g/mol. The molecule has 0 aliphatic rings. The highest BCUT2D eigenvalue weighted by Gasteiger charge is 2.47. The zero-order valence-electron chi connectivity index (χ0n) is 19.4. The number of nitrogens with zero attached hydrogens (tertiary/aromatic N) is 2. The number of allylic oxidation sites excluding steroid dienone is 2. The molecule has 6 heteroatoms. The number of carbonyl (C=O) groups excluding carboxylic acids is 3. The number of carbonyl (C=O) groups is 3. The molecule has 6 nitrogen and oxygen atoms in total. The molecule has 0 radical (unpaired) electrons. The van der Waals surface area contributed by atoms with E-state index in [0.717, 1.165) is 4.90 Å². The Hall–Kier alpha value is -2.42. The maximum Gasteiger partial charge on any atom is 0.312 e. The van der Waals surface area contributed by atoms with E-state index in [-0.39, 0.29) is 35.5 Å². The Labute approximate surface area is 175 Å². The van der Waals surface area contributed by atoms with Crippen molar-refractivity contribution in [3.05, 3.63) is 23.3 Å². The van der Waals surface area contributed by atoms with Gasteiger partial charge >= 0.3 is 5.97 Å². The second kappa shape index (κ2) is 9.87. The van der Waals surface area contributed by atoms with Gasteiger partial charge in [-0.3, -0.25) is 19.3 Å². The van der Waals surface area contributed by atoms with Crippen molar-refractivity contribution >= 4 is 18.3 Å². The van der Waals surface area contributed by atoms with Crippen molar-refractivity contribution < 1.29 is 19.1 Å². The van der Waals surface area contributed by atoms with Crippen LogP contribution in [-0.2, 0) is 19.1 Å². The first-order valence-electron chi connectivity index (χ1n) is 9.72. The van der Waals surface area contributed by atoms with Crippen molar-refractivity contribution in [2.24, 2.45) is 16.2 Å². The van der Waals surface area contributed by atoms with Crippen LogP contribution in [0.4, 0.5) is 0 Å². The molecule has 0 aliphatic heterocycles. The van der Waals surface area contributed by atoms with Crippen LogP contribution in [0.3, 0.4) is 0 Å². The van der Waals surface area contributed by atoms with E-state index in [0.29, 0.717) is 24.0 Å². The number of nitriles is 1. The quantitative estimate of drug-likeness (QED) is 0.196. The van der Waals surface area contributed by atoms with E-state index in [9.17, 15) is 19.6 Å². The number of rotatable bonds is 8. The van der Waals surface area contributed by atoms with Crippen LogP contribution in [0.25, 0.3) is 0 Å². The standard InChI is InChI=1S/C23H36N2O4/c1-16(2)17(3)18(13-24)19(27)25(15-26)11-12-29-20(28)23(10,22(7,8)9)14-21(4,5)6/h15H,1,11-12,14H2,2-10H3/b18-17-. The molecule has 1 atom stereocenters. The smallest absolute Gasteiger partial charge is 0.312 e. The fraction of sp³-hybridized carbons (Fsp3) is 0.652. The number of esters is 1. The number of hydrogen-bond acceptors (Lipinski definition) is 5. The van der Waals surface area contributed by atoms with Crippen LogP contribution < -0.4 is 0 Å². The lowest BCUT2D eigenvalue weighted by Gasteiger charge is -2.43. The Morgan fingerprint density at radius 2 is 1.62 bits per heavy atom. The van der Waals surface area contributed by atoms with Gasteiger partial charge in [-0.05, 0) is 43.6 Å². The van der Waals surface area contributed by atoms with Gasteiger partial charge in [-0.1, -0.05) is 53.7 Å². The maximum absolute atomic E-state index is 12.9. The summed E-state index contributed by atoms with van der Waals surface area (Å²) in [6, 6.07) is 1.83. The molecule has 0 aromatic heterocycles. The number of imide groups is 1. The van der Waals surface area contributed by atoms with E-state index in [1.807, 2.05) is 33.8 Å². The summed E-state index contributed by atoms with van der Waals surface area (Å²) in [4.78, 5) is 37.7. The molecular weight excluding hydrogens is 368 g/mol. The first-order valence-corrected chi connectivity index (χ1v) is 9.72. The molecule has 0 saturated carbocycles. The SMILES string of the molecule is C=C(C)/C(C)=C(/C#N)C(=O)N(C=O)CCOC(=O)C(C)(CC(C)(C)C)C(C)(C)C. The van der Waals surface area contributed by atoms with Crippen LogP contribution in [-0.4, -0.2) is 36.3 Å². The van der Waals surface area contributed by atoms with E-state index >= 15 is 0 Å². The van der Waals surface area contributed by atoms with E-state index < -0.39 is 11.3 Å². The molecule has 1 unspecified atom stereocenters. The summed E-state index contributed by atoms with van der Waals surface area (Å²) in [6.45, 7) is 20.8. The van der Waals surface area contributed by atoms with Gasteiger partial charge in [-0.15, -0.1) is 0 Å². The molecule has 0 saturated heterocycles. The lowest BCUT2D eigenvalue weighted by atomic mass is 9.61. The zero-order chi connectivity index (χ0) is 23.2. The normalized spacial score (nSPS) is 14.8. The third kappa shape index (κ3) is 7.16. The van der Waals surface area contributed by atoms with Crippen LogP contribution in [0.5, 0.6) is 0 Å². The van der Waals surface area contributed by atoms with Crippen molar-refractivity contribution in [1.82, 2.24) is 4.90 Å². The Morgan fingerprint density at radius 1 is 1.10 bits per heavy atom. The fourth-order valence-corrected chi connectivity index (χ4v) is 2.95. The summed E-state index contributed by atoms with van der Waals surface area (Å²) in [5, 5.41) is 9.28. The predicted molar refractivity (Wildman–Crippen MR) is 113 cm³/mol. The van der Waals surface area contributed by atoms with Crippen molar-refractivity contribution in [2.45, 2.75) is 68.7 Å². The highest BCUT2D eigenvalue weighted by molar-refractivity contribution is 6.03. The molecule has 0 spiro atoms. The molecule has 0 N–H and O–H groups in total. The third-order valence-corrected chi connectivity index (χ3v) is 5.28. The van der Waals surface area contributed by atoms with Crippen LogP contribution in [0.2, 0.25) is 0 Å². The molecule has 0 rings (SSSR count). The lowest BCUT2D eigenvalue weighted by molar-refractivity contribution is -0.166. The van der Waals surface area contributed by atoms with Crippen molar-refractivity contribution in [3.8, 4) is 6.07 Å². The molecule has 29 heavy (non-hydrogen) atoms. The Balaban J connectivity index is 5.37. The predicted octanol–water partition coefficient (Wildman–Crippen LogP) is 4.42. The van der Waals surface area contributed by atoms with Crippen molar-refractivity contribution in [1.29, 1.82) is 5.26 Å². The third-order valence-electron chi connectivity index (χ3n) is 5.28. The van der Waals surface area contributed by atoms with Crippen molar-refractivity contribution in [3.63, 3.8) is 0 Å². The van der Waals surface area contributed by atoms with E-state index in [2.05, 4.69) is 27.4 Å². The van der Waals surface area contributed by atoms with Gasteiger partial charge in [0.2, 0.25) is 6.41 Å². The molecule has 0 bridgehead atoms. The number of hydrogen-bond donors (Lipinski definition) is 0. The first-order chi connectivity index (χ1) is 13.0. The maximum atomic E-state index is 12.9. The van der Waals surface area contributed by atoms with Crippen LogP contribution in [0, 0.1) is 27.6 Å². The van der Waals surface area contributed by atoms with E-state index in [1.54, 1.807) is 13.8 Å². The summed E-state index contributed by atoms with van der Waals surface area (Å²) in [7, 11) is 0. The molecule has 0 aliphatic carbocycles. The minimum absolute atomic E-state index is 0.0849. The minimum Gasteiger partial charge on any atom is -0.463 e. The van der Waals surface area contributed by atoms with E-state index in [4.69, 9.17) is 4.74 Å². The van der Waals surface area contributed by atoms with Gasteiger partial charge in [0.25, 0.3) is 5.91 Å². The number of ether oxygens (including phenoxy) is 1. The van der Waals surface area contributed by atoms with E-state index in [1.165, 1.54) is 0 Å². The summed E-state index contributed by atoms with van der Waals surface area (Å²) >= 11 is 0. The highest BCUT2D eigenvalue weighted by atomic mass is 16.5. The Kier molecular flexibility index (Phi) is 9.04. The zero-order valence-corrected chi connectivity index (χ0v) is 19.4. The Bertz CT molecular complexity index is 729. The summed E-state index contributed by atoms with van der Waals surface area (Å²) in [5.41, 5.74) is -0.328. The largest absolute Gasteiger partial charge is 0.463 e. The molecule has 0 aromatic rings. The molecule has 0 aromatic carbocycles. The fourth-order valence-electron chi connectivity index (χ4n) is 2.95. The van der Waals surface area contributed by atoms with Crippen LogP contribution in [0.1, 0.15) is 68.7 Å². The summed E-state index contributed by atoms with van der Waals surface area (Å²) < 4.78 is 5.48. The van der Waals surface area contributed by atoms with Gasteiger partial charge in [0.15, 0.2) is 0 Å². The Morgan fingerprint density at radius 3 is 1.97 bits per heavy atom. The minimum atomic E-state index is -0.741. The average Bonchev–Trinajstić information content (AvgIpc) is 2.56. The molecular formula is C23H36N2O4. The van der Waals surface area contributed by atoms with Crippen LogP contribution >= 0.6 is 0 Å². The van der Waals surface area contributed by atoms with Gasteiger partial charge in [0.05, 0.1) is 12.0 Å². The lowest BCUT2D eigenvalue weighted by Crippen LogP contribution is -2.45. The van der Waals surface area contributed by atoms with Gasteiger partial charge in [-0.25, -0.2) is 0 Å². The topological polar surface area (TPSA) is 87.5 Å². The second-order valence-corrected chi connectivity index (χ2v) is 9.95. The van der Waals surface area contributed by atoms with Gasteiger partial charge in [-0.2, -0.15) is 5.26 Å². The molecule has 2 amide bonds. The number of amides is 2. The molecule has 0 fully saturated rings. The summed E-state index contributed by atoms with van der Waals surface area (Å²) in [5.74, 6) is -1.10. The van der Waals surface area contributed by atoms with Gasteiger partial charge in [0, 0.05) is 0 Å². The van der Waals surface area contributed by atoms with Gasteiger partial charge < -0.3 is 4.74 Å². The monoisotopic (exact) mass is 404 g/mol. The summed E-state index contributed by atoms with van der Waals surface area (Å²) in [6.07, 6.45) is 0.967. The molecule has 162 valence electrons. The van der Waals surface area contributed by atoms with Gasteiger partial charge in [0.1, 0.15) is 18.2 Å². The van der Waals surface area contributed by atoms with Crippen molar-refractivity contribution in [2.75, 3.05) is 13.2 Å². The second-order valence-electron chi connectivity index (χ2n) is 9.95. The van der Waals surface area contributed by atoms with Crippen LogP contribution in [0.15, 0.2) is 23.3 Å². The first kappa shape index (κ1) is 26.6. The highest BCUT2D eigenvalue weighted by Crippen LogP contribution is 2.47. The molecule has 0 heterocycles.